The molecule has 1 unspecified atom stereocenters. The van der Waals surface area contributed by atoms with Crippen LogP contribution in [0.4, 0.5) is 17.5 Å². The van der Waals surface area contributed by atoms with Crippen LogP contribution < -0.4 is 15.4 Å². The molecular formula is C23H28N8O2. The molecule has 3 heterocycles. The minimum absolute atomic E-state index is 0.0111. The molecule has 1 aliphatic heterocycles. The van der Waals surface area contributed by atoms with Crippen LogP contribution in [0.25, 0.3) is 11.0 Å². The zero-order chi connectivity index (χ0) is 23.5. The first-order valence-corrected chi connectivity index (χ1v) is 10.9. The van der Waals surface area contributed by atoms with Gasteiger partial charge in [0.2, 0.25) is 5.95 Å². The summed E-state index contributed by atoms with van der Waals surface area (Å²) < 4.78 is 5.56. The number of piperazine rings is 1. The highest BCUT2D eigenvalue weighted by atomic mass is 16.5. The van der Waals surface area contributed by atoms with Crippen LogP contribution in [-0.2, 0) is 0 Å². The molecule has 0 saturated carbocycles. The van der Waals surface area contributed by atoms with E-state index in [0.717, 1.165) is 13.1 Å². The molecule has 0 aliphatic carbocycles. The molecule has 172 valence electrons. The van der Waals surface area contributed by atoms with Crippen molar-refractivity contribution >= 4 is 34.4 Å². The first kappa shape index (κ1) is 22.4. The number of carbonyl (C=O) groups is 1. The van der Waals surface area contributed by atoms with Crippen molar-refractivity contribution in [2.24, 2.45) is 0 Å². The number of fused-ring (bicyclic) bond motifs is 1. The Bertz CT molecular complexity index is 1220. The molecule has 0 spiro atoms. The van der Waals surface area contributed by atoms with Crippen LogP contribution in [-0.4, -0.2) is 77.0 Å². The van der Waals surface area contributed by atoms with Crippen LogP contribution >= 0.6 is 0 Å². The Hall–Kier alpha value is -3.84. The fourth-order valence-electron chi connectivity index (χ4n) is 4.13. The molecule has 3 aromatic rings. The smallest absolute Gasteiger partial charge is 0.254 e. The third kappa shape index (κ3) is 4.40. The Morgan fingerprint density at radius 3 is 2.88 bits per heavy atom. The molecule has 10 heteroatoms. The highest BCUT2D eigenvalue weighted by Gasteiger charge is 2.27. The molecule has 2 aromatic heterocycles. The number of nitrogens with zero attached hydrogens (tertiary/aromatic N) is 5. The van der Waals surface area contributed by atoms with Gasteiger partial charge in [-0.2, -0.15) is 15.2 Å². The quantitative estimate of drug-likeness (QED) is 0.526. The number of likely N-dealkylation sites (N-methyl/N-ethyl adjacent to an activating group) is 1. The van der Waals surface area contributed by atoms with Gasteiger partial charge < -0.3 is 30.2 Å². The largest absolute Gasteiger partial charge is 0.495 e. The third-order valence-electron chi connectivity index (χ3n) is 5.78. The number of aromatic nitrogens is 3. The molecule has 3 N–H and O–H groups in total. The van der Waals surface area contributed by atoms with E-state index in [9.17, 15) is 10.1 Å². The van der Waals surface area contributed by atoms with Crippen molar-refractivity contribution in [1.29, 1.82) is 5.26 Å². The molecule has 33 heavy (non-hydrogen) atoms. The number of rotatable bonds is 6. The number of benzene rings is 1. The summed E-state index contributed by atoms with van der Waals surface area (Å²) in [5.74, 6) is 1.41. The van der Waals surface area contributed by atoms with Crippen LogP contribution in [0.15, 0.2) is 24.4 Å². The van der Waals surface area contributed by atoms with Gasteiger partial charge in [-0.25, -0.2) is 0 Å². The normalized spacial score (nSPS) is 16.5. The molecule has 1 aromatic carbocycles. The Morgan fingerprint density at radius 1 is 1.36 bits per heavy atom. The van der Waals surface area contributed by atoms with Crippen LogP contribution in [0.5, 0.6) is 5.75 Å². The summed E-state index contributed by atoms with van der Waals surface area (Å²) >= 11 is 0. The Balaban J connectivity index is 1.62. The van der Waals surface area contributed by atoms with Crippen LogP contribution in [0.1, 0.15) is 29.8 Å². The van der Waals surface area contributed by atoms with Crippen molar-refractivity contribution in [3.8, 4) is 11.8 Å². The standard InChI is InChI=1S/C23H28N8O2/c1-5-25-20-19-16(11-24)12-26-21(19)29-23(28-20)27-17-7-6-15(10-18(17)33-4)22(32)31-9-8-30(3)13-14(31)2/h6-7,10,12,14H,5,8-9,13H2,1-4H3,(H3,25,26,27,28,29). The second kappa shape index (κ2) is 9.34. The van der Waals surface area contributed by atoms with Gasteiger partial charge in [-0.05, 0) is 39.1 Å². The molecule has 1 atom stereocenters. The van der Waals surface area contributed by atoms with E-state index in [1.54, 1.807) is 31.5 Å². The molecule has 0 bridgehead atoms. The maximum atomic E-state index is 13.1. The predicted octanol–water partition coefficient (Wildman–Crippen LogP) is 2.79. The molecule has 0 radical (unpaired) electrons. The van der Waals surface area contributed by atoms with Gasteiger partial charge in [0.05, 0.1) is 23.7 Å². The summed E-state index contributed by atoms with van der Waals surface area (Å²) in [5.41, 5.74) is 2.23. The average molecular weight is 449 g/mol. The van der Waals surface area contributed by atoms with Crippen molar-refractivity contribution in [3.63, 3.8) is 0 Å². The zero-order valence-electron chi connectivity index (χ0n) is 19.3. The second-order valence-electron chi connectivity index (χ2n) is 8.11. The van der Waals surface area contributed by atoms with E-state index >= 15 is 0 Å². The van der Waals surface area contributed by atoms with Crippen molar-refractivity contribution in [2.45, 2.75) is 19.9 Å². The van der Waals surface area contributed by atoms with Gasteiger partial charge in [-0.15, -0.1) is 0 Å². The summed E-state index contributed by atoms with van der Waals surface area (Å²) in [6.45, 7) is 7.07. The van der Waals surface area contributed by atoms with Crippen LogP contribution in [0, 0.1) is 11.3 Å². The van der Waals surface area contributed by atoms with Gasteiger partial charge in [-0.3, -0.25) is 4.79 Å². The van der Waals surface area contributed by atoms with Gasteiger partial charge in [0.15, 0.2) is 0 Å². The molecule has 1 amide bonds. The van der Waals surface area contributed by atoms with E-state index in [4.69, 9.17) is 4.74 Å². The lowest BCUT2D eigenvalue weighted by Crippen LogP contribution is -2.52. The van der Waals surface area contributed by atoms with Crippen molar-refractivity contribution in [3.05, 3.63) is 35.5 Å². The van der Waals surface area contributed by atoms with E-state index in [2.05, 4.69) is 50.5 Å². The maximum Gasteiger partial charge on any atom is 0.254 e. The molecule has 1 fully saturated rings. The number of ether oxygens (including phenoxy) is 1. The number of carbonyl (C=O) groups excluding carboxylic acids is 1. The fourth-order valence-corrected chi connectivity index (χ4v) is 4.13. The van der Waals surface area contributed by atoms with E-state index in [1.807, 2.05) is 11.8 Å². The number of nitrogens with one attached hydrogen (secondary N) is 3. The number of H-pyrrole nitrogens is 1. The highest BCUT2D eigenvalue weighted by Crippen LogP contribution is 2.31. The van der Waals surface area contributed by atoms with E-state index in [0.29, 0.717) is 58.5 Å². The lowest BCUT2D eigenvalue weighted by atomic mass is 10.1. The summed E-state index contributed by atoms with van der Waals surface area (Å²) in [6, 6.07) is 7.61. The van der Waals surface area contributed by atoms with Crippen molar-refractivity contribution in [1.82, 2.24) is 24.8 Å². The van der Waals surface area contributed by atoms with Gasteiger partial charge in [0, 0.05) is 44.0 Å². The minimum Gasteiger partial charge on any atom is -0.495 e. The molecule has 1 saturated heterocycles. The van der Waals surface area contributed by atoms with Crippen LogP contribution in [0.2, 0.25) is 0 Å². The Morgan fingerprint density at radius 2 is 2.18 bits per heavy atom. The lowest BCUT2D eigenvalue weighted by Gasteiger charge is -2.38. The number of anilines is 3. The van der Waals surface area contributed by atoms with Gasteiger partial charge in [0.25, 0.3) is 5.91 Å². The monoisotopic (exact) mass is 448 g/mol. The van der Waals surface area contributed by atoms with Crippen LogP contribution in [0.3, 0.4) is 0 Å². The number of hydrogen-bond acceptors (Lipinski definition) is 8. The number of amides is 1. The summed E-state index contributed by atoms with van der Waals surface area (Å²) in [6.07, 6.45) is 1.62. The van der Waals surface area contributed by atoms with Gasteiger partial charge >= 0.3 is 0 Å². The fraction of sp³-hybridized carbons (Fsp3) is 0.391. The SMILES string of the molecule is CCNc1nc(Nc2ccc(C(=O)N3CCN(C)CC3C)cc2OC)nc2[nH]cc(C#N)c12. The maximum absolute atomic E-state index is 13.1. The first-order valence-electron chi connectivity index (χ1n) is 10.9. The second-order valence-corrected chi connectivity index (χ2v) is 8.11. The Labute approximate surface area is 192 Å². The number of nitriles is 1. The lowest BCUT2D eigenvalue weighted by molar-refractivity contribution is 0.0533. The van der Waals surface area contributed by atoms with Gasteiger partial charge in [0.1, 0.15) is 23.3 Å². The van der Waals surface area contributed by atoms with E-state index < -0.39 is 0 Å². The van der Waals surface area contributed by atoms with Crippen molar-refractivity contribution < 1.29 is 9.53 Å². The molecule has 10 nitrogen and oxygen atoms in total. The molecular weight excluding hydrogens is 420 g/mol. The predicted molar refractivity (Wildman–Crippen MR) is 127 cm³/mol. The number of aromatic amines is 1. The summed E-state index contributed by atoms with van der Waals surface area (Å²) in [4.78, 5) is 29.3. The highest BCUT2D eigenvalue weighted by molar-refractivity contribution is 5.96. The molecule has 4 rings (SSSR count). The zero-order valence-corrected chi connectivity index (χ0v) is 19.3. The summed E-state index contributed by atoms with van der Waals surface area (Å²) in [7, 11) is 3.63. The number of hydrogen-bond donors (Lipinski definition) is 3. The number of methoxy groups -OCH3 is 1. The van der Waals surface area contributed by atoms with E-state index in [-0.39, 0.29) is 11.9 Å². The van der Waals surface area contributed by atoms with Gasteiger partial charge in [-0.1, -0.05) is 0 Å². The molecule has 1 aliphatic rings. The minimum atomic E-state index is -0.0111. The van der Waals surface area contributed by atoms with E-state index in [1.165, 1.54) is 0 Å². The Kier molecular flexibility index (Phi) is 6.33. The third-order valence-corrected chi connectivity index (χ3v) is 5.78. The summed E-state index contributed by atoms with van der Waals surface area (Å²) in [5, 5.41) is 16.4. The van der Waals surface area contributed by atoms with Crippen molar-refractivity contribution in [2.75, 3.05) is 51.0 Å². The topological polar surface area (TPSA) is 122 Å². The average Bonchev–Trinajstić information content (AvgIpc) is 3.22. The first-order chi connectivity index (χ1) is 15.9.